The van der Waals surface area contributed by atoms with Gasteiger partial charge in [0.1, 0.15) is 17.5 Å². The number of H-pyrrole nitrogens is 1. The van der Waals surface area contributed by atoms with E-state index in [1.165, 1.54) is 0 Å². The van der Waals surface area contributed by atoms with Crippen molar-refractivity contribution in [1.29, 1.82) is 5.26 Å². The van der Waals surface area contributed by atoms with Crippen LogP contribution in [0, 0.1) is 18.3 Å². The third kappa shape index (κ3) is 1.91. The summed E-state index contributed by atoms with van der Waals surface area (Å²) < 4.78 is 7.35. The van der Waals surface area contributed by atoms with E-state index in [4.69, 9.17) is 4.74 Å². The number of nitrogens with zero attached hydrogens (tertiary/aromatic N) is 3. The van der Waals surface area contributed by atoms with Crippen LogP contribution >= 0.6 is 0 Å². The first-order chi connectivity index (χ1) is 9.72. The Hall–Kier alpha value is -2.74. The number of nitrogens with one attached hydrogen (secondary N) is 1. The van der Waals surface area contributed by atoms with Crippen LogP contribution in [0.3, 0.4) is 0 Å². The maximum atomic E-state index is 9.32. The Labute approximate surface area is 116 Å². The van der Waals surface area contributed by atoms with Crippen molar-refractivity contribution in [1.82, 2.24) is 14.8 Å². The molecule has 0 saturated carbocycles. The number of nitriles is 1. The van der Waals surface area contributed by atoms with Crippen LogP contribution in [0.1, 0.15) is 16.8 Å². The van der Waals surface area contributed by atoms with E-state index in [0.717, 1.165) is 27.8 Å². The molecular formula is C15H14N4O. The number of hydrogen-bond donors (Lipinski definition) is 1. The maximum absolute atomic E-state index is 9.32. The molecule has 5 heteroatoms. The van der Waals surface area contributed by atoms with Crippen LogP contribution in [0.2, 0.25) is 0 Å². The summed E-state index contributed by atoms with van der Waals surface area (Å²) >= 11 is 0. The molecule has 100 valence electrons. The summed E-state index contributed by atoms with van der Waals surface area (Å²) in [5.41, 5.74) is 3.71. The molecule has 2 heterocycles. The molecule has 3 aromatic rings. The van der Waals surface area contributed by atoms with Gasteiger partial charge >= 0.3 is 0 Å². The SMILES string of the molecule is COc1cc2c(cc1C)cc(C#N)n2Cc1cn[nH]c1. The van der Waals surface area contributed by atoms with Gasteiger partial charge < -0.3 is 9.30 Å². The molecule has 0 saturated heterocycles. The van der Waals surface area contributed by atoms with Crippen LogP contribution in [0.15, 0.2) is 30.6 Å². The number of aromatic nitrogens is 3. The average molecular weight is 266 g/mol. The quantitative estimate of drug-likeness (QED) is 0.792. The van der Waals surface area contributed by atoms with Gasteiger partial charge in [0, 0.05) is 23.2 Å². The van der Waals surface area contributed by atoms with Gasteiger partial charge in [0.25, 0.3) is 0 Å². The van der Waals surface area contributed by atoms with E-state index in [0.29, 0.717) is 12.2 Å². The highest BCUT2D eigenvalue weighted by atomic mass is 16.5. The summed E-state index contributed by atoms with van der Waals surface area (Å²) in [4.78, 5) is 0. The lowest BCUT2D eigenvalue weighted by atomic mass is 10.1. The number of aryl methyl sites for hydroxylation is 1. The van der Waals surface area contributed by atoms with Gasteiger partial charge in [-0.2, -0.15) is 10.4 Å². The fraction of sp³-hybridized carbons (Fsp3) is 0.200. The molecule has 0 aliphatic carbocycles. The van der Waals surface area contributed by atoms with Crippen LogP contribution < -0.4 is 4.74 Å². The summed E-state index contributed by atoms with van der Waals surface area (Å²) in [6.07, 6.45) is 3.59. The minimum atomic E-state index is 0.606. The number of methoxy groups -OCH3 is 1. The second-order valence-electron chi connectivity index (χ2n) is 4.71. The normalized spacial score (nSPS) is 10.7. The van der Waals surface area contributed by atoms with E-state index in [-0.39, 0.29) is 0 Å². The highest BCUT2D eigenvalue weighted by Crippen LogP contribution is 2.28. The minimum Gasteiger partial charge on any atom is -0.496 e. The van der Waals surface area contributed by atoms with Crippen LogP contribution in [0.4, 0.5) is 0 Å². The summed E-state index contributed by atoms with van der Waals surface area (Å²) in [6.45, 7) is 2.60. The van der Waals surface area contributed by atoms with Crippen LogP contribution in [-0.4, -0.2) is 21.9 Å². The number of fused-ring (bicyclic) bond motifs is 1. The van der Waals surface area contributed by atoms with Gasteiger partial charge in [0.05, 0.1) is 25.4 Å². The van der Waals surface area contributed by atoms with Crippen molar-refractivity contribution in [2.24, 2.45) is 0 Å². The summed E-state index contributed by atoms with van der Waals surface area (Å²) in [7, 11) is 1.66. The summed E-state index contributed by atoms with van der Waals surface area (Å²) in [6, 6.07) is 8.17. The van der Waals surface area contributed by atoms with E-state index in [1.807, 2.05) is 35.9 Å². The zero-order chi connectivity index (χ0) is 14.1. The van der Waals surface area contributed by atoms with Gasteiger partial charge in [-0.3, -0.25) is 5.10 Å². The standard InChI is InChI=1S/C15H14N4O/c1-10-3-12-4-13(6-16)19(9-11-7-17-18-8-11)14(12)5-15(10)20-2/h3-5,7-8H,9H2,1-2H3,(H,17,18). The topological polar surface area (TPSA) is 66.6 Å². The Morgan fingerprint density at radius 3 is 2.90 bits per heavy atom. The fourth-order valence-corrected chi connectivity index (χ4v) is 2.43. The molecule has 1 aromatic carbocycles. The molecule has 1 N–H and O–H groups in total. The highest BCUT2D eigenvalue weighted by Gasteiger charge is 2.12. The lowest BCUT2D eigenvalue weighted by Crippen LogP contribution is -2.01. The molecule has 0 aliphatic heterocycles. The number of ether oxygens (including phenoxy) is 1. The Kier molecular flexibility index (Phi) is 2.92. The van der Waals surface area contributed by atoms with Gasteiger partial charge in [-0.05, 0) is 24.6 Å². The zero-order valence-corrected chi connectivity index (χ0v) is 11.3. The Morgan fingerprint density at radius 1 is 1.40 bits per heavy atom. The Bertz CT molecular complexity index is 793. The predicted octanol–water partition coefficient (Wildman–Crippen LogP) is 2.60. The lowest BCUT2D eigenvalue weighted by Gasteiger charge is -2.08. The Balaban J connectivity index is 2.20. The first kappa shape index (κ1) is 12.3. The summed E-state index contributed by atoms with van der Waals surface area (Å²) in [5, 5.41) is 17.1. The third-order valence-corrected chi connectivity index (χ3v) is 3.43. The molecule has 0 fully saturated rings. The molecule has 0 aliphatic rings. The number of hydrogen-bond acceptors (Lipinski definition) is 3. The molecule has 20 heavy (non-hydrogen) atoms. The number of aromatic amines is 1. The maximum Gasteiger partial charge on any atom is 0.123 e. The van der Waals surface area contributed by atoms with Gasteiger partial charge in [-0.15, -0.1) is 0 Å². The second-order valence-corrected chi connectivity index (χ2v) is 4.71. The molecule has 3 rings (SSSR count). The van der Waals surface area contributed by atoms with Crippen molar-refractivity contribution in [3.8, 4) is 11.8 Å². The van der Waals surface area contributed by atoms with Gasteiger partial charge in [0.2, 0.25) is 0 Å². The molecule has 2 aromatic heterocycles. The second kappa shape index (κ2) is 4.74. The van der Waals surface area contributed by atoms with Crippen LogP contribution in [0.25, 0.3) is 10.9 Å². The molecule has 0 radical (unpaired) electrons. The Morgan fingerprint density at radius 2 is 2.25 bits per heavy atom. The molecule has 0 spiro atoms. The van der Waals surface area contributed by atoms with E-state index in [9.17, 15) is 5.26 Å². The summed E-state index contributed by atoms with van der Waals surface area (Å²) in [5.74, 6) is 0.827. The molecule has 5 nitrogen and oxygen atoms in total. The molecule has 0 amide bonds. The molecular weight excluding hydrogens is 252 g/mol. The van der Waals surface area contributed by atoms with Gasteiger partial charge in [-0.25, -0.2) is 0 Å². The average Bonchev–Trinajstić information content (AvgIpc) is 3.06. The molecule has 0 unspecified atom stereocenters. The minimum absolute atomic E-state index is 0.606. The van der Waals surface area contributed by atoms with Crippen molar-refractivity contribution in [3.05, 3.63) is 47.4 Å². The van der Waals surface area contributed by atoms with Crippen LogP contribution in [0.5, 0.6) is 5.75 Å². The van der Waals surface area contributed by atoms with Crippen molar-refractivity contribution in [2.45, 2.75) is 13.5 Å². The van der Waals surface area contributed by atoms with E-state index in [1.54, 1.807) is 13.3 Å². The zero-order valence-electron chi connectivity index (χ0n) is 11.3. The highest BCUT2D eigenvalue weighted by molar-refractivity contribution is 5.85. The van der Waals surface area contributed by atoms with Crippen molar-refractivity contribution >= 4 is 10.9 Å². The molecule has 0 atom stereocenters. The monoisotopic (exact) mass is 266 g/mol. The number of rotatable bonds is 3. The van der Waals surface area contributed by atoms with Crippen LogP contribution in [-0.2, 0) is 6.54 Å². The fourth-order valence-electron chi connectivity index (χ4n) is 2.43. The lowest BCUT2D eigenvalue weighted by molar-refractivity contribution is 0.412. The van der Waals surface area contributed by atoms with Gasteiger partial charge in [0.15, 0.2) is 0 Å². The van der Waals surface area contributed by atoms with E-state index < -0.39 is 0 Å². The van der Waals surface area contributed by atoms with Gasteiger partial charge in [-0.1, -0.05) is 0 Å². The smallest absolute Gasteiger partial charge is 0.123 e. The van der Waals surface area contributed by atoms with Crippen molar-refractivity contribution in [2.75, 3.05) is 7.11 Å². The first-order valence-corrected chi connectivity index (χ1v) is 6.28. The molecule has 0 bridgehead atoms. The van der Waals surface area contributed by atoms with Crippen molar-refractivity contribution < 1.29 is 4.74 Å². The predicted molar refractivity (Wildman–Crippen MR) is 75.6 cm³/mol. The number of benzene rings is 1. The largest absolute Gasteiger partial charge is 0.496 e. The first-order valence-electron chi connectivity index (χ1n) is 6.28. The van der Waals surface area contributed by atoms with Crippen molar-refractivity contribution in [3.63, 3.8) is 0 Å². The van der Waals surface area contributed by atoms with E-state index in [2.05, 4.69) is 16.3 Å². The third-order valence-electron chi connectivity index (χ3n) is 3.43. The van der Waals surface area contributed by atoms with E-state index >= 15 is 0 Å².